The van der Waals surface area contributed by atoms with Gasteiger partial charge in [-0.3, -0.25) is 4.90 Å². The van der Waals surface area contributed by atoms with Crippen LogP contribution in [0.25, 0.3) is 16.9 Å². The van der Waals surface area contributed by atoms with Crippen molar-refractivity contribution < 1.29 is 13.2 Å². The second kappa shape index (κ2) is 6.83. The number of benzene rings is 1. The van der Waals surface area contributed by atoms with Crippen molar-refractivity contribution in [2.45, 2.75) is 11.4 Å². The van der Waals surface area contributed by atoms with Gasteiger partial charge < -0.3 is 9.14 Å². The van der Waals surface area contributed by atoms with Crippen molar-refractivity contribution in [2.75, 3.05) is 32.6 Å². The van der Waals surface area contributed by atoms with E-state index in [1.54, 1.807) is 12.1 Å². The summed E-state index contributed by atoms with van der Waals surface area (Å²) in [4.78, 5) is 7.47. The zero-order valence-electron chi connectivity index (χ0n) is 14.6. The van der Waals surface area contributed by atoms with Gasteiger partial charge in [0.25, 0.3) is 0 Å². The van der Waals surface area contributed by atoms with Crippen LogP contribution in [-0.2, 0) is 21.1 Å². The van der Waals surface area contributed by atoms with Crippen LogP contribution in [0.15, 0.2) is 53.6 Å². The van der Waals surface area contributed by atoms with Crippen molar-refractivity contribution in [1.29, 1.82) is 0 Å². The molecule has 0 amide bonds. The van der Waals surface area contributed by atoms with Crippen molar-refractivity contribution >= 4 is 15.5 Å². The molecule has 4 rings (SSSR count). The third-order valence-electron chi connectivity index (χ3n) is 4.66. The van der Waals surface area contributed by atoms with E-state index in [1.807, 2.05) is 36.5 Å². The second-order valence-electron chi connectivity index (χ2n) is 6.52. The van der Waals surface area contributed by atoms with Crippen LogP contribution < -0.4 is 0 Å². The van der Waals surface area contributed by atoms with E-state index in [2.05, 4.69) is 9.30 Å². The second-order valence-corrected chi connectivity index (χ2v) is 8.54. The molecule has 3 aromatic rings. The fourth-order valence-electron chi connectivity index (χ4n) is 3.26. The Kier molecular flexibility index (Phi) is 4.52. The molecule has 2 aromatic heterocycles. The normalized spacial score (nSPS) is 16.2. The van der Waals surface area contributed by atoms with Crippen LogP contribution in [0.2, 0.25) is 0 Å². The van der Waals surface area contributed by atoms with E-state index in [-0.39, 0.29) is 0 Å². The molecule has 0 atom stereocenters. The number of hydrogen-bond donors (Lipinski definition) is 0. The van der Waals surface area contributed by atoms with Gasteiger partial charge in [0.2, 0.25) is 0 Å². The first-order chi connectivity index (χ1) is 12.5. The molecule has 3 heterocycles. The fraction of sp³-hybridized carbons (Fsp3) is 0.316. The van der Waals surface area contributed by atoms with Crippen LogP contribution in [0.1, 0.15) is 5.69 Å². The molecule has 0 radical (unpaired) electrons. The molecule has 0 N–H and O–H groups in total. The highest BCUT2D eigenvalue weighted by molar-refractivity contribution is 7.90. The lowest BCUT2D eigenvalue weighted by Crippen LogP contribution is -2.36. The molecule has 26 heavy (non-hydrogen) atoms. The maximum absolute atomic E-state index is 11.7. The first-order valence-corrected chi connectivity index (χ1v) is 10.5. The number of imidazole rings is 1. The predicted molar refractivity (Wildman–Crippen MR) is 99.8 cm³/mol. The van der Waals surface area contributed by atoms with Gasteiger partial charge in [0.05, 0.1) is 29.5 Å². The number of rotatable bonds is 4. The Morgan fingerprint density at radius 1 is 1.08 bits per heavy atom. The fourth-order valence-corrected chi connectivity index (χ4v) is 3.89. The van der Waals surface area contributed by atoms with Crippen molar-refractivity contribution in [3.63, 3.8) is 0 Å². The summed E-state index contributed by atoms with van der Waals surface area (Å²) in [5, 5.41) is 0. The Hall–Kier alpha value is -2.22. The van der Waals surface area contributed by atoms with Gasteiger partial charge in [0.1, 0.15) is 5.65 Å². The highest BCUT2D eigenvalue weighted by Gasteiger charge is 2.19. The molecule has 1 saturated heterocycles. The number of aromatic nitrogens is 2. The summed E-state index contributed by atoms with van der Waals surface area (Å²) in [6.07, 6.45) is 3.24. The van der Waals surface area contributed by atoms with Gasteiger partial charge in [-0.2, -0.15) is 0 Å². The largest absolute Gasteiger partial charge is 0.379 e. The van der Waals surface area contributed by atoms with Gasteiger partial charge >= 0.3 is 0 Å². The number of pyridine rings is 1. The van der Waals surface area contributed by atoms with E-state index in [0.717, 1.165) is 55.4 Å². The number of morpholine rings is 1. The van der Waals surface area contributed by atoms with Gasteiger partial charge in [0.15, 0.2) is 9.84 Å². The molecule has 0 saturated carbocycles. The smallest absolute Gasteiger partial charge is 0.175 e. The standard InChI is InChI=1S/C19H21N3O3S/c1-26(23,24)16-7-5-15(6-8-16)19-17(14-21-10-12-25-13-11-21)22-9-3-2-4-18(22)20-19/h2-9H,10-14H2,1H3. The van der Waals surface area contributed by atoms with Crippen LogP contribution in [0.5, 0.6) is 0 Å². The van der Waals surface area contributed by atoms with E-state index in [9.17, 15) is 8.42 Å². The van der Waals surface area contributed by atoms with E-state index in [1.165, 1.54) is 6.26 Å². The van der Waals surface area contributed by atoms with Gasteiger partial charge in [-0.25, -0.2) is 13.4 Å². The first kappa shape index (κ1) is 17.2. The summed E-state index contributed by atoms with van der Waals surface area (Å²) in [5.74, 6) is 0. The lowest BCUT2D eigenvalue weighted by atomic mass is 10.1. The topological polar surface area (TPSA) is 63.9 Å². The van der Waals surface area contributed by atoms with Crippen LogP contribution >= 0.6 is 0 Å². The van der Waals surface area contributed by atoms with Crippen LogP contribution in [0.4, 0.5) is 0 Å². The minimum Gasteiger partial charge on any atom is -0.379 e. The molecule has 1 aliphatic heterocycles. The zero-order valence-corrected chi connectivity index (χ0v) is 15.4. The molecule has 1 aliphatic rings. The Bertz CT molecular complexity index is 1020. The SMILES string of the molecule is CS(=O)(=O)c1ccc(-c2nc3ccccn3c2CN2CCOCC2)cc1. The van der Waals surface area contributed by atoms with Crippen molar-refractivity contribution in [2.24, 2.45) is 0 Å². The number of fused-ring (bicyclic) bond motifs is 1. The quantitative estimate of drug-likeness (QED) is 0.704. The van der Waals surface area contributed by atoms with Crippen LogP contribution in [0.3, 0.4) is 0 Å². The van der Waals surface area contributed by atoms with Gasteiger partial charge in [-0.05, 0) is 24.3 Å². The molecule has 0 unspecified atom stereocenters. The number of hydrogen-bond acceptors (Lipinski definition) is 5. The van der Waals surface area contributed by atoms with Crippen molar-refractivity contribution in [3.8, 4) is 11.3 Å². The van der Waals surface area contributed by atoms with Gasteiger partial charge in [-0.1, -0.05) is 18.2 Å². The summed E-state index contributed by atoms with van der Waals surface area (Å²) >= 11 is 0. The number of ether oxygens (including phenoxy) is 1. The zero-order chi connectivity index (χ0) is 18.1. The molecule has 6 nitrogen and oxygen atoms in total. The molecule has 136 valence electrons. The molecule has 7 heteroatoms. The number of sulfone groups is 1. The Morgan fingerprint density at radius 2 is 1.81 bits per heavy atom. The molecule has 1 aromatic carbocycles. The lowest BCUT2D eigenvalue weighted by molar-refractivity contribution is 0.0336. The maximum Gasteiger partial charge on any atom is 0.175 e. The molecule has 0 bridgehead atoms. The molecule has 1 fully saturated rings. The highest BCUT2D eigenvalue weighted by Crippen LogP contribution is 2.27. The monoisotopic (exact) mass is 371 g/mol. The van der Waals surface area contributed by atoms with Gasteiger partial charge in [-0.15, -0.1) is 0 Å². The number of nitrogens with zero attached hydrogens (tertiary/aromatic N) is 3. The van der Waals surface area contributed by atoms with Crippen molar-refractivity contribution in [3.05, 3.63) is 54.4 Å². The average molecular weight is 371 g/mol. The summed E-state index contributed by atoms with van der Waals surface area (Å²) in [6.45, 7) is 4.06. The Morgan fingerprint density at radius 3 is 2.50 bits per heavy atom. The van der Waals surface area contributed by atoms with Gasteiger partial charge in [0, 0.05) is 37.7 Å². The molecular formula is C19H21N3O3S. The van der Waals surface area contributed by atoms with E-state index >= 15 is 0 Å². The van der Waals surface area contributed by atoms with E-state index < -0.39 is 9.84 Å². The van der Waals surface area contributed by atoms with Crippen molar-refractivity contribution in [1.82, 2.24) is 14.3 Å². The maximum atomic E-state index is 11.7. The molecular weight excluding hydrogens is 350 g/mol. The third kappa shape index (κ3) is 3.38. The third-order valence-corrected chi connectivity index (χ3v) is 5.79. The minimum absolute atomic E-state index is 0.319. The summed E-state index contributed by atoms with van der Waals surface area (Å²) in [6, 6.07) is 12.9. The van der Waals surface area contributed by atoms with Crippen LogP contribution in [-0.4, -0.2) is 55.3 Å². The lowest BCUT2D eigenvalue weighted by Gasteiger charge is -2.26. The summed E-state index contributed by atoms with van der Waals surface area (Å²) < 4.78 is 31.0. The summed E-state index contributed by atoms with van der Waals surface area (Å²) in [7, 11) is -3.21. The Balaban J connectivity index is 1.77. The molecule has 0 aliphatic carbocycles. The van der Waals surface area contributed by atoms with E-state index in [0.29, 0.717) is 4.90 Å². The summed E-state index contributed by atoms with van der Waals surface area (Å²) in [5.41, 5.74) is 3.81. The highest BCUT2D eigenvalue weighted by atomic mass is 32.2. The first-order valence-electron chi connectivity index (χ1n) is 8.59. The average Bonchev–Trinajstić information content (AvgIpc) is 3.01. The minimum atomic E-state index is -3.21. The van der Waals surface area contributed by atoms with Crippen LogP contribution in [0, 0.1) is 0 Å². The van der Waals surface area contributed by atoms with E-state index in [4.69, 9.17) is 9.72 Å². The Labute approximate surface area is 153 Å². The predicted octanol–water partition coefficient (Wildman–Crippen LogP) is 2.24. The molecule has 0 spiro atoms.